The van der Waals surface area contributed by atoms with Crippen LogP contribution in [-0.4, -0.2) is 71.4 Å². The standard InChI is InChI=1S/C17H26N2O5/c1-19-3-4-21-14(11-19)10-18-9-13-7-16-17(24-12-23-16)8-15(13)22-6-5-20-2/h7-8,14,18H,3-6,9-12H2,1-2H3/t14-/m1/s1. The Hall–Kier alpha value is -1.54. The second kappa shape index (κ2) is 8.53. The Morgan fingerprint density at radius 1 is 1.25 bits per heavy atom. The quantitative estimate of drug-likeness (QED) is 0.706. The van der Waals surface area contributed by atoms with E-state index in [0.717, 1.165) is 49.1 Å². The number of fused-ring (bicyclic) bond motifs is 1. The smallest absolute Gasteiger partial charge is 0.231 e. The van der Waals surface area contributed by atoms with Crippen LogP contribution in [0, 0.1) is 0 Å². The van der Waals surface area contributed by atoms with Crippen molar-refractivity contribution in [2.75, 3.05) is 60.4 Å². The third-order valence-corrected chi connectivity index (χ3v) is 4.13. The van der Waals surface area contributed by atoms with Crippen molar-refractivity contribution in [1.82, 2.24) is 10.2 Å². The van der Waals surface area contributed by atoms with Crippen LogP contribution in [0.15, 0.2) is 12.1 Å². The summed E-state index contributed by atoms with van der Waals surface area (Å²) >= 11 is 0. The Morgan fingerprint density at radius 3 is 2.88 bits per heavy atom. The molecule has 3 rings (SSSR count). The van der Waals surface area contributed by atoms with Crippen LogP contribution in [0.25, 0.3) is 0 Å². The molecule has 2 heterocycles. The zero-order valence-electron chi connectivity index (χ0n) is 14.4. The van der Waals surface area contributed by atoms with Crippen molar-refractivity contribution >= 4 is 0 Å². The normalized spacial score (nSPS) is 20.3. The van der Waals surface area contributed by atoms with Crippen LogP contribution in [0.2, 0.25) is 0 Å². The van der Waals surface area contributed by atoms with Crippen molar-refractivity contribution in [3.05, 3.63) is 17.7 Å². The van der Waals surface area contributed by atoms with Gasteiger partial charge in [0.1, 0.15) is 12.4 Å². The molecule has 2 aliphatic rings. The molecule has 1 N–H and O–H groups in total. The summed E-state index contributed by atoms with van der Waals surface area (Å²) in [5.74, 6) is 2.29. The van der Waals surface area contributed by atoms with Crippen LogP contribution < -0.4 is 19.5 Å². The number of likely N-dealkylation sites (N-methyl/N-ethyl adjacent to an activating group) is 1. The molecule has 0 radical (unpaired) electrons. The topological polar surface area (TPSA) is 61.4 Å². The molecule has 0 saturated carbocycles. The molecule has 0 aliphatic carbocycles. The van der Waals surface area contributed by atoms with Gasteiger partial charge in [0.2, 0.25) is 6.79 Å². The Labute approximate surface area is 142 Å². The minimum Gasteiger partial charge on any atom is -0.491 e. The van der Waals surface area contributed by atoms with Gasteiger partial charge in [-0.15, -0.1) is 0 Å². The number of benzene rings is 1. The number of ether oxygens (including phenoxy) is 5. The summed E-state index contributed by atoms with van der Waals surface area (Å²) in [6.07, 6.45) is 0.218. The summed E-state index contributed by atoms with van der Waals surface area (Å²) in [5.41, 5.74) is 1.04. The molecule has 1 fully saturated rings. The fraction of sp³-hybridized carbons (Fsp3) is 0.647. The first-order valence-electron chi connectivity index (χ1n) is 8.31. The highest BCUT2D eigenvalue weighted by Gasteiger charge is 2.20. The van der Waals surface area contributed by atoms with Crippen LogP contribution in [0.5, 0.6) is 17.2 Å². The summed E-state index contributed by atoms with van der Waals surface area (Å²) < 4.78 is 27.5. The van der Waals surface area contributed by atoms with Gasteiger partial charge in [-0.2, -0.15) is 0 Å². The largest absolute Gasteiger partial charge is 0.491 e. The van der Waals surface area contributed by atoms with E-state index in [4.69, 9.17) is 23.7 Å². The maximum Gasteiger partial charge on any atom is 0.231 e. The molecule has 2 aliphatic heterocycles. The van der Waals surface area contributed by atoms with Crippen molar-refractivity contribution < 1.29 is 23.7 Å². The Balaban J connectivity index is 1.58. The molecule has 1 saturated heterocycles. The van der Waals surface area contributed by atoms with Gasteiger partial charge in [-0.25, -0.2) is 0 Å². The molecular weight excluding hydrogens is 312 g/mol. The number of nitrogens with one attached hydrogen (secondary N) is 1. The van der Waals surface area contributed by atoms with Gasteiger partial charge in [-0.1, -0.05) is 0 Å². The first-order chi connectivity index (χ1) is 11.8. The van der Waals surface area contributed by atoms with Crippen LogP contribution in [-0.2, 0) is 16.0 Å². The Kier molecular flexibility index (Phi) is 6.14. The average Bonchev–Trinajstić information content (AvgIpc) is 3.02. The van der Waals surface area contributed by atoms with Crippen molar-refractivity contribution in [2.45, 2.75) is 12.6 Å². The number of rotatable bonds is 8. The maximum absolute atomic E-state index is 5.82. The van der Waals surface area contributed by atoms with E-state index >= 15 is 0 Å². The van der Waals surface area contributed by atoms with Crippen LogP contribution in [0.3, 0.4) is 0 Å². The molecule has 1 aromatic carbocycles. The predicted octanol–water partition coefficient (Wildman–Crippen LogP) is 0.861. The van der Waals surface area contributed by atoms with E-state index in [0.29, 0.717) is 19.8 Å². The van der Waals surface area contributed by atoms with Gasteiger partial charge in [0.05, 0.1) is 19.3 Å². The Morgan fingerprint density at radius 2 is 2.08 bits per heavy atom. The van der Waals surface area contributed by atoms with Crippen molar-refractivity contribution in [2.24, 2.45) is 0 Å². The zero-order valence-corrected chi connectivity index (χ0v) is 14.4. The minimum atomic E-state index is 0.218. The number of hydrogen-bond donors (Lipinski definition) is 1. The van der Waals surface area contributed by atoms with Crippen LogP contribution in [0.4, 0.5) is 0 Å². The fourth-order valence-corrected chi connectivity index (χ4v) is 2.83. The first kappa shape index (κ1) is 17.3. The molecule has 0 spiro atoms. The molecule has 134 valence electrons. The summed E-state index contributed by atoms with van der Waals surface area (Å²) in [4.78, 5) is 2.29. The molecule has 0 amide bonds. The predicted molar refractivity (Wildman–Crippen MR) is 88.9 cm³/mol. The molecule has 0 unspecified atom stereocenters. The summed E-state index contributed by atoms with van der Waals surface area (Å²) in [5, 5.41) is 3.45. The lowest BCUT2D eigenvalue weighted by molar-refractivity contribution is -0.0182. The monoisotopic (exact) mass is 338 g/mol. The second-order valence-electron chi connectivity index (χ2n) is 6.04. The molecule has 7 nitrogen and oxygen atoms in total. The van der Waals surface area contributed by atoms with E-state index in [-0.39, 0.29) is 12.9 Å². The molecule has 7 heteroatoms. The molecule has 0 bridgehead atoms. The number of hydrogen-bond acceptors (Lipinski definition) is 7. The van der Waals surface area contributed by atoms with Gasteiger partial charge in [0, 0.05) is 44.9 Å². The third kappa shape index (κ3) is 4.51. The highest BCUT2D eigenvalue weighted by Crippen LogP contribution is 2.38. The van der Waals surface area contributed by atoms with Gasteiger partial charge in [0.25, 0.3) is 0 Å². The van der Waals surface area contributed by atoms with Gasteiger partial charge < -0.3 is 33.9 Å². The number of nitrogens with zero attached hydrogens (tertiary/aromatic N) is 1. The van der Waals surface area contributed by atoms with Gasteiger partial charge in [-0.3, -0.25) is 0 Å². The molecular formula is C17H26N2O5. The van der Waals surface area contributed by atoms with Gasteiger partial charge in [0.15, 0.2) is 11.5 Å². The van der Waals surface area contributed by atoms with E-state index in [1.807, 2.05) is 12.1 Å². The van der Waals surface area contributed by atoms with E-state index in [2.05, 4.69) is 17.3 Å². The van der Waals surface area contributed by atoms with Gasteiger partial charge >= 0.3 is 0 Å². The van der Waals surface area contributed by atoms with E-state index in [9.17, 15) is 0 Å². The highest BCUT2D eigenvalue weighted by atomic mass is 16.7. The van der Waals surface area contributed by atoms with E-state index < -0.39 is 0 Å². The Bertz CT molecular complexity index is 540. The lowest BCUT2D eigenvalue weighted by Gasteiger charge is -2.30. The highest BCUT2D eigenvalue weighted by molar-refractivity contribution is 5.51. The second-order valence-corrected chi connectivity index (χ2v) is 6.04. The lowest BCUT2D eigenvalue weighted by atomic mass is 10.1. The summed E-state index contributed by atoms with van der Waals surface area (Å²) in [7, 11) is 3.78. The van der Waals surface area contributed by atoms with E-state index in [1.54, 1.807) is 7.11 Å². The fourth-order valence-electron chi connectivity index (χ4n) is 2.83. The van der Waals surface area contributed by atoms with Crippen molar-refractivity contribution in [3.63, 3.8) is 0 Å². The van der Waals surface area contributed by atoms with Crippen LogP contribution in [0.1, 0.15) is 5.56 Å². The summed E-state index contributed by atoms with van der Waals surface area (Å²) in [6, 6.07) is 3.87. The molecule has 24 heavy (non-hydrogen) atoms. The van der Waals surface area contributed by atoms with E-state index in [1.165, 1.54) is 0 Å². The average molecular weight is 338 g/mol. The van der Waals surface area contributed by atoms with Crippen molar-refractivity contribution in [1.29, 1.82) is 0 Å². The SMILES string of the molecule is COCCOc1cc2c(cc1CNC[C@@H]1CN(C)CCO1)OCO2. The number of methoxy groups -OCH3 is 1. The van der Waals surface area contributed by atoms with Crippen LogP contribution >= 0.6 is 0 Å². The zero-order chi connectivity index (χ0) is 16.8. The first-order valence-corrected chi connectivity index (χ1v) is 8.31. The number of morpholine rings is 1. The van der Waals surface area contributed by atoms with Gasteiger partial charge in [-0.05, 0) is 13.1 Å². The maximum atomic E-state index is 5.82. The lowest BCUT2D eigenvalue weighted by Crippen LogP contribution is -2.44. The minimum absolute atomic E-state index is 0.218. The third-order valence-electron chi connectivity index (χ3n) is 4.13. The molecule has 1 atom stereocenters. The molecule has 0 aromatic heterocycles. The molecule has 1 aromatic rings. The summed E-state index contributed by atoms with van der Waals surface area (Å²) in [6.45, 7) is 5.52. The van der Waals surface area contributed by atoms with Crippen molar-refractivity contribution in [3.8, 4) is 17.2 Å².